The fraction of sp³-hybridized carbons (Fsp3) is 0. The summed E-state index contributed by atoms with van der Waals surface area (Å²) in [6, 6.07) is 0. The molecule has 0 fully saturated rings. The van der Waals surface area contributed by atoms with Gasteiger partial charge in [0.05, 0.1) is 0 Å². The maximum atomic E-state index is 9.51. The Kier molecular flexibility index (Phi) is 9.14. The summed E-state index contributed by atoms with van der Waals surface area (Å²) < 4.78 is 21.6. The summed E-state index contributed by atoms with van der Waals surface area (Å²) in [5, 5.41) is 0. The summed E-state index contributed by atoms with van der Waals surface area (Å²) in [5.41, 5.74) is 0. The van der Waals surface area contributed by atoms with E-state index >= 15 is 0 Å². The maximum absolute atomic E-state index is 9.51. The van der Waals surface area contributed by atoms with Gasteiger partial charge >= 0.3 is 46.3 Å². The molecule has 0 aliphatic heterocycles. The number of phosphoric acid groups is 1. The van der Waals surface area contributed by atoms with Crippen LogP contribution in [0.15, 0.2) is 0 Å². The van der Waals surface area contributed by atoms with E-state index in [2.05, 4.69) is 3.58 Å². The van der Waals surface area contributed by atoms with Crippen molar-refractivity contribution in [2.45, 2.75) is 0 Å². The first kappa shape index (κ1) is 11.8. The number of rotatable bonds is 1. The van der Waals surface area contributed by atoms with Crippen LogP contribution in [0.1, 0.15) is 0 Å². The summed E-state index contributed by atoms with van der Waals surface area (Å²) in [5.74, 6) is 0. The number of hydrogen-bond donors (Lipinski definition) is 2. The quantitative estimate of drug-likeness (QED) is 0.405. The fourth-order valence-electron chi connectivity index (χ4n) is 0. The van der Waals surface area contributed by atoms with Crippen LogP contribution >= 0.6 is 7.82 Å². The second-order valence-corrected chi connectivity index (χ2v) is 3.11. The second kappa shape index (κ2) is 6.19. The molecule has 5 nitrogen and oxygen atoms in total. The van der Waals surface area contributed by atoms with Crippen molar-refractivity contribution in [3.8, 4) is 0 Å². The van der Waals surface area contributed by atoms with Gasteiger partial charge in [0.2, 0.25) is 0 Å². The van der Waals surface area contributed by atoms with Gasteiger partial charge in [-0.2, -0.15) is 0 Å². The van der Waals surface area contributed by atoms with Gasteiger partial charge < -0.3 is 13.4 Å². The predicted molar refractivity (Wildman–Crippen MR) is 22.4 cm³/mol. The van der Waals surface area contributed by atoms with Crippen LogP contribution in [-0.4, -0.2) is 26.4 Å². The van der Waals surface area contributed by atoms with Crippen molar-refractivity contribution < 1.29 is 39.8 Å². The Morgan fingerprint density at radius 3 is 1.62 bits per heavy atom. The van der Waals surface area contributed by atoms with Gasteiger partial charge in [0.1, 0.15) is 0 Å². The molecule has 0 aliphatic carbocycles. The van der Waals surface area contributed by atoms with Crippen LogP contribution in [0.2, 0.25) is 0 Å². The van der Waals surface area contributed by atoms with Gasteiger partial charge in [-0.15, -0.1) is 0 Å². The zero-order valence-corrected chi connectivity index (χ0v) is 10.1. The Balaban J connectivity index is 0. The minimum atomic E-state index is -4.08. The molecular weight excluding hydrogens is 203 g/mol. The van der Waals surface area contributed by atoms with Gasteiger partial charge in [0.25, 0.3) is 0 Å². The molecule has 0 spiro atoms. The Bertz CT molecular complexity index is 86.4. The molecule has 0 bridgehead atoms. The van der Waals surface area contributed by atoms with Crippen LogP contribution in [0, 0.1) is 0 Å². The molecule has 0 heterocycles. The first-order valence-corrected chi connectivity index (χ1v) is 5.02. The van der Waals surface area contributed by atoms with E-state index in [1.165, 1.54) is 0 Å². The molecule has 0 rings (SSSR count). The van der Waals surface area contributed by atoms with Gasteiger partial charge in [0.15, 0.2) is 0 Å². The van der Waals surface area contributed by atoms with Crippen LogP contribution in [0.25, 0.3) is 0 Å². The van der Waals surface area contributed by atoms with Crippen LogP contribution in [0.3, 0.4) is 0 Å². The molecule has 0 saturated heterocycles. The third kappa shape index (κ3) is 15.7. The molecule has 0 aromatic rings. The Hall–Kier alpha value is 1.07. The summed E-state index contributed by atoms with van der Waals surface area (Å²) in [4.78, 5) is 15.5. The average molecular weight is 207 g/mol. The number of hydrogen-bond acceptors (Lipinski definition) is 3. The molecule has 8 heavy (non-hydrogen) atoms. The molecule has 0 aromatic carbocycles. The van der Waals surface area contributed by atoms with Crippen LogP contribution in [-0.2, 0) is 30.0 Å². The summed E-state index contributed by atoms with van der Waals surface area (Å²) in [6.07, 6.45) is 0. The molecule has 0 radical (unpaired) electrons. The Morgan fingerprint density at radius 2 is 1.62 bits per heavy atom. The van der Waals surface area contributed by atoms with E-state index in [0.717, 1.165) is 0 Å². The third-order valence-corrected chi connectivity index (χ3v) is 2.14. The zero-order chi connectivity index (χ0) is 7.21. The van der Waals surface area contributed by atoms with Crippen molar-refractivity contribution in [1.29, 1.82) is 0 Å². The first-order valence-electron chi connectivity index (χ1n) is 1.46. The van der Waals surface area contributed by atoms with E-state index in [0.29, 0.717) is 0 Å². The summed E-state index contributed by atoms with van der Waals surface area (Å²) in [7, 11) is -4.08. The second-order valence-electron chi connectivity index (χ2n) is 0.673. The molecule has 0 atom stereocenters. The standard InChI is InChI=1S/Al.H3O4P.O.Zn.2H/c;1-5(2,3)4;;;;/h;(H3,1,2,3,4);;;;/q+1;;;;;/p-1. The van der Waals surface area contributed by atoms with Crippen molar-refractivity contribution in [2.24, 2.45) is 0 Å². The molecule has 0 amide bonds. The molecule has 0 saturated carbocycles. The van der Waals surface area contributed by atoms with E-state index in [1.807, 2.05) is 0 Å². The van der Waals surface area contributed by atoms with Crippen molar-refractivity contribution in [3.05, 3.63) is 0 Å². The Labute approximate surface area is 64.4 Å². The van der Waals surface area contributed by atoms with Gasteiger partial charge in [0, 0.05) is 0 Å². The van der Waals surface area contributed by atoms with E-state index in [1.54, 1.807) is 0 Å². The normalized spacial score (nSPS) is 9.50. The van der Waals surface area contributed by atoms with E-state index in [9.17, 15) is 4.57 Å². The monoisotopic (exact) mass is 206 g/mol. The zero-order valence-electron chi connectivity index (χ0n) is 4.27. The van der Waals surface area contributed by atoms with Gasteiger partial charge in [-0.1, -0.05) is 0 Å². The van der Waals surface area contributed by atoms with Gasteiger partial charge in [-0.25, -0.2) is 4.57 Å². The van der Waals surface area contributed by atoms with Crippen LogP contribution in [0.5, 0.6) is 0 Å². The topological polar surface area (TPSA) is 83.8 Å². The molecule has 0 unspecified atom stereocenters. The summed E-state index contributed by atoms with van der Waals surface area (Å²) in [6.45, 7) is 0. The van der Waals surface area contributed by atoms with E-state index < -0.39 is 7.82 Å². The molecule has 0 aromatic heterocycles. The molecule has 2 N–H and O–H groups in total. The van der Waals surface area contributed by atoms with E-state index in [4.69, 9.17) is 13.4 Å². The predicted octanol–water partition coefficient (Wildman–Crippen LogP) is -1.48. The first-order chi connectivity index (χ1) is 3.56. The van der Waals surface area contributed by atoms with Crippen molar-refractivity contribution >= 4 is 24.4 Å². The van der Waals surface area contributed by atoms with Gasteiger partial charge in [-0.05, 0) is 0 Å². The van der Waals surface area contributed by atoms with Crippen LogP contribution < -0.4 is 0 Å². The van der Waals surface area contributed by atoms with Crippen LogP contribution in [0.4, 0.5) is 0 Å². The molecular formula is H4AlO5PZn. The van der Waals surface area contributed by atoms with Crippen molar-refractivity contribution in [3.63, 3.8) is 0 Å². The molecule has 0 aliphatic rings. The van der Waals surface area contributed by atoms with Crippen molar-refractivity contribution in [2.75, 3.05) is 0 Å². The SMILES string of the molecule is O=P(O)(O)[O][AlH2].[O]=[Zn]. The third-order valence-electron chi connectivity index (χ3n) is 0.238. The van der Waals surface area contributed by atoms with E-state index in [-0.39, 0.29) is 34.9 Å². The summed E-state index contributed by atoms with van der Waals surface area (Å²) >= 11 is 0.210. The Morgan fingerprint density at radius 1 is 1.50 bits per heavy atom. The average Bonchev–Trinajstić information content (AvgIpc) is 1.71. The van der Waals surface area contributed by atoms with Crippen molar-refractivity contribution in [1.82, 2.24) is 0 Å². The molecule has 44 valence electrons. The minimum absolute atomic E-state index is 0.0849. The fourth-order valence-corrected chi connectivity index (χ4v) is 0. The van der Waals surface area contributed by atoms with Gasteiger partial charge in [-0.3, -0.25) is 0 Å². The molecule has 8 heteroatoms.